The Balaban J connectivity index is 1.29. The van der Waals surface area contributed by atoms with Crippen molar-refractivity contribution in [2.45, 2.75) is 31.6 Å². The monoisotopic (exact) mass is 450 g/mol. The van der Waals surface area contributed by atoms with Crippen LogP contribution in [0.2, 0.25) is 0 Å². The fourth-order valence-electron chi connectivity index (χ4n) is 4.23. The number of thioether (sulfide) groups is 1. The van der Waals surface area contributed by atoms with Crippen LogP contribution in [0, 0.1) is 0 Å². The van der Waals surface area contributed by atoms with Crippen molar-refractivity contribution in [2.24, 2.45) is 0 Å². The highest BCUT2D eigenvalue weighted by Crippen LogP contribution is 2.19. The van der Waals surface area contributed by atoms with Gasteiger partial charge in [0.05, 0.1) is 16.8 Å². The molecule has 1 fully saturated rings. The Kier molecular flexibility index (Phi) is 7.47. The molecule has 1 saturated heterocycles. The third-order valence-electron chi connectivity index (χ3n) is 5.98. The number of rotatable bonds is 8. The number of carbonyl (C=O) groups excluding carboxylic acids is 2. The highest BCUT2D eigenvalue weighted by molar-refractivity contribution is 7.97. The minimum atomic E-state index is 0.0895. The maximum atomic E-state index is 13.0. The predicted octanol–water partition coefficient (Wildman–Crippen LogP) is 3.59. The number of piperazine rings is 1. The molecule has 2 aromatic carbocycles. The summed E-state index contributed by atoms with van der Waals surface area (Å²) in [4.78, 5) is 34.1. The summed E-state index contributed by atoms with van der Waals surface area (Å²) in [5, 5.41) is 0. The van der Waals surface area contributed by atoms with Gasteiger partial charge in [0.15, 0.2) is 0 Å². The second kappa shape index (κ2) is 10.7. The molecular formula is C25H30N4O2S. The molecule has 0 bridgehead atoms. The van der Waals surface area contributed by atoms with Crippen LogP contribution in [0.3, 0.4) is 0 Å². The quantitative estimate of drug-likeness (QED) is 0.526. The van der Waals surface area contributed by atoms with Gasteiger partial charge < -0.3 is 14.4 Å². The number of amides is 2. The van der Waals surface area contributed by atoms with Crippen LogP contribution < -0.4 is 0 Å². The first-order chi connectivity index (χ1) is 15.7. The molecule has 0 saturated carbocycles. The molecule has 32 heavy (non-hydrogen) atoms. The van der Waals surface area contributed by atoms with Crippen LogP contribution in [0.5, 0.6) is 0 Å². The number of para-hydroxylation sites is 2. The first-order valence-corrected chi connectivity index (χ1v) is 12.6. The average Bonchev–Trinajstić information content (AvgIpc) is 3.17. The lowest BCUT2D eigenvalue weighted by Gasteiger charge is -2.35. The minimum absolute atomic E-state index is 0.0895. The molecule has 1 aromatic heterocycles. The zero-order valence-corrected chi connectivity index (χ0v) is 19.4. The smallest absolute Gasteiger partial charge is 0.242 e. The first-order valence-electron chi connectivity index (χ1n) is 11.2. The molecule has 4 rings (SSSR count). The van der Waals surface area contributed by atoms with E-state index in [9.17, 15) is 9.59 Å². The van der Waals surface area contributed by atoms with E-state index >= 15 is 0 Å². The fraction of sp³-hybridized carbons (Fsp3) is 0.400. The van der Waals surface area contributed by atoms with Gasteiger partial charge in [0, 0.05) is 32.6 Å². The number of aromatic nitrogens is 2. The molecule has 0 spiro atoms. The largest absolute Gasteiger partial charge is 0.339 e. The molecule has 1 aliphatic rings. The molecule has 0 unspecified atom stereocenters. The third kappa shape index (κ3) is 5.33. The van der Waals surface area contributed by atoms with Gasteiger partial charge in [0.1, 0.15) is 12.4 Å². The maximum absolute atomic E-state index is 13.0. The summed E-state index contributed by atoms with van der Waals surface area (Å²) in [7, 11) is 0. The molecule has 2 amide bonds. The SMILES string of the molecule is CSCc1nc2ccccc2n1CC(=O)N1CCN(C(=O)CCCc2ccccc2)CC1. The third-order valence-corrected chi connectivity index (χ3v) is 6.53. The van der Waals surface area contributed by atoms with Crippen molar-refractivity contribution < 1.29 is 9.59 Å². The van der Waals surface area contributed by atoms with Gasteiger partial charge in [-0.2, -0.15) is 11.8 Å². The lowest BCUT2D eigenvalue weighted by Crippen LogP contribution is -2.51. The van der Waals surface area contributed by atoms with Crippen LogP contribution in [0.1, 0.15) is 24.2 Å². The Labute approximate surface area is 193 Å². The molecule has 6 nitrogen and oxygen atoms in total. The van der Waals surface area contributed by atoms with Crippen molar-refractivity contribution in [1.29, 1.82) is 0 Å². The normalized spacial score (nSPS) is 14.2. The fourth-order valence-corrected chi connectivity index (χ4v) is 4.71. The number of aryl methyl sites for hydroxylation is 1. The predicted molar refractivity (Wildman–Crippen MR) is 129 cm³/mol. The molecule has 168 valence electrons. The number of fused-ring (bicyclic) bond motifs is 1. The molecule has 0 radical (unpaired) electrons. The highest BCUT2D eigenvalue weighted by atomic mass is 32.2. The zero-order valence-electron chi connectivity index (χ0n) is 18.6. The van der Waals surface area contributed by atoms with Gasteiger partial charge >= 0.3 is 0 Å². The summed E-state index contributed by atoms with van der Waals surface area (Å²) in [6.07, 6.45) is 4.37. The van der Waals surface area contributed by atoms with E-state index in [1.54, 1.807) is 11.8 Å². The van der Waals surface area contributed by atoms with E-state index in [1.165, 1.54) is 5.56 Å². The van der Waals surface area contributed by atoms with E-state index in [0.717, 1.165) is 35.5 Å². The minimum Gasteiger partial charge on any atom is -0.339 e. The van der Waals surface area contributed by atoms with E-state index in [2.05, 4.69) is 12.1 Å². The van der Waals surface area contributed by atoms with Crippen LogP contribution in [0.4, 0.5) is 0 Å². The van der Waals surface area contributed by atoms with Gasteiger partial charge in [-0.05, 0) is 36.8 Å². The van der Waals surface area contributed by atoms with Crippen molar-refractivity contribution >= 4 is 34.6 Å². The topological polar surface area (TPSA) is 58.4 Å². The summed E-state index contributed by atoms with van der Waals surface area (Å²) in [5.41, 5.74) is 3.19. The molecule has 0 atom stereocenters. The van der Waals surface area contributed by atoms with E-state index in [1.807, 2.05) is 63.1 Å². The standard InChI is InChI=1S/C25H30N4O2S/c1-32-19-23-26-21-11-5-6-12-22(21)29(23)18-25(31)28-16-14-27(15-17-28)24(30)13-7-10-20-8-3-2-4-9-20/h2-6,8-9,11-12H,7,10,13-19H2,1H3. The summed E-state index contributed by atoms with van der Waals surface area (Å²) in [6, 6.07) is 18.2. The lowest BCUT2D eigenvalue weighted by molar-refractivity contribution is -0.139. The van der Waals surface area contributed by atoms with Crippen molar-refractivity contribution in [3.63, 3.8) is 0 Å². The van der Waals surface area contributed by atoms with Crippen LogP contribution in [-0.2, 0) is 28.3 Å². The van der Waals surface area contributed by atoms with Crippen molar-refractivity contribution in [1.82, 2.24) is 19.4 Å². The van der Waals surface area contributed by atoms with Crippen LogP contribution >= 0.6 is 11.8 Å². The average molecular weight is 451 g/mol. The number of hydrogen-bond acceptors (Lipinski definition) is 4. The summed E-state index contributed by atoms with van der Waals surface area (Å²) in [6.45, 7) is 2.69. The Morgan fingerprint density at radius 2 is 1.56 bits per heavy atom. The molecule has 3 aromatic rings. The van der Waals surface area contributed by atoms with Crippen LogP contribution in [-0.4, -0.2) is 63.6 Å². The molecule has 0 aliphatic carbocycles. The number of imidazole rings is 1. The van der Waals surface area contributed by atoms with Crippen LogP contribution in [0.25, 0.3) is 11.0 Å². The van der Waals surface area contributed by atoms with Gasteiger partial charge in [0.25, 0.3) is 0 Å². The molecule has 1 aliphatic heterocycles. The van der Waals surface area contributed by atoms with Gasteiger partial charge in [-0.1, -0.05) is 42.5 Å². The van der Waals surface area contributed by atoms with Gasteiger partial charge in [-0.15, -0.1) is 0 Å². The van der Waals surface area contributed by atoms with Crippen molar-refractivity contribution in [3.8, 4) is 0 Å². The van der Waals surface area contributed by atoms with Crippen molar-refractivity contribution in [3.05, 3.63) is 66.0 Å². The first kappa shape index (κ1) is 22.4. The summed E-state index contributed by atoms with van der Waals surface area (Å²) in [5.74, 6) is 1.98. The Morgan fingerprint density at radius 1 is 0.906 bits per heavy atom. The maximum Gasteiger partial charge on any atom is 0.242 e. The van der Waals surface area contributed by atoms with E-state index in [4.69, 9.17) is 4.98 Å². The molecule has 0 N–H and O–H groups in total. The van der Waals surface area contributed by atoms with Crippen molar-refractivity contribution in [2.75, 3.05) is 32.4 Å². The number of benzene rings is 2. The van der Waals surface area contributed by atoms with E-state index < -0.39 is 0 Å². The lowest BCUT2D eigenvalue weighted by atomic mass is 10.1. The number of nitrogens with zero attached hydrogens (tertiary/aromatic N) is 4. The summed E-state index contributed by atoms with van der Waals surface area (Å²) < 4.78 is 2.04. The van der Waals surface area contributed by atoms with Gasteiger partial charge in [-0.25, -0.2) is 4.98 Å². The van der Waals surface area contributed by atoms with E-state index in [0.29, 0.717) is 39.1 Å². The number of hydrogen-bond donors (Lipinski definition) is 0. The second-order valence-corrected chi connectivity index (χ2v) is 9.00. The molecule has 2 heterocycles. The van der Waals surface area contributed by atoms with E-state index in [-0.39, 0.29) is 11.8 Å². The summed E-state index contributed by atoms with van der Waals surface area (Å²) >= 11 is 1.70. The van der Waals surface area contributed by atoms with Gasteiger partial charge in [0.2, 0.25) is 11.8 Å². The van der Waals surface area contributed by atoms with Crippen LogP contribution in [0.15, 0.2) is 54.6 Å². The Bertz CT molecular complexity index is 1060. The zero-order chi connectivity index (χ0) is 22.3. The second-order valence-electron chi connectivity index (χ2n) is 8.14. The highest BCUT2D eigenvalue weighted by Gasteiger charge is 2.25. The Morgan fingerprint density at radius 3 is 2.28 bits per heavy atom. The number of carbonyl (C=O) groups is 2. The molecule has 7 heteroatoms. The molecular weight excluding hydrogens is 420 g/mol. The van der Waals surface area contributed by atoms with Gasteiger partial charge in [-0.3, -0.25) is 9.59 Å². The Hall–Kier alpha value is -2.80.